The van der Waals surface area contributed by atoms with Crippen LogP contribution in [0.4, 0.5) is 0 Å². The molecular weight excluding hydrogens is 212 g/mol. The Morgan fingerprint density at radius 1 is 1.29 bits per heavy atom. The maximum atomic E-state index is 10.1. The molecule has 1 aliphatic carbocycles. The van der Waals surface area contributed by atoms with Crippen molar-refractivity contribution in [2.45, 2.75) is 38.7 Å². The van der Waals surface area contributed by atoms with E-state index in [1.165, 1.54) is 18.4 Å². The minimum atomic E-state index is -0.149. The van der Waals surface area contributed by atoms with Crippen LogP contribution >= 0.6 is 0 Å². The highest BCUT2D eigenvalue weighted by Crippen LogP contribution is 2.39. The molecular formula is C15H22O2. The molecule has 0 aliphatic heterocycles. The summed E-state index contributed by atoms with van der Waals surface area (Å²) in [7, 11) is 1.68. The van der Waals surface area contributed by atoms with E-state index in [-0.39, 0.29) is 6.10 Å². The molecule has 0 bridgehead atoms. The Labute approximate surface area is 104 Å². The summed E-state index contributed by atoms with van der Waals surface area (Å²) in [6, 6.07) is 8.11. The first-order valence-corrected chi connectivity index (χ1v) is 6.51. The summed E-state index contributed by atoms with van der Waals surface area (Å²) in [5, 5.41) is 10.1. The molecule has 2 nitrogen and oxygen atoms in total. The van der Waals surface area contributed by atoms with Gasteiger partial charge >= 0.3 is 0 Å². The molecule has 1 aliphatic rings. The molecule has 1 N–H and O–H groups in total. The minimum Gasteiger partial charge on any atom is -0.497 e. The molecule has 94 valence electrons. The molecule has 0 radical (unpaired) electrons. The zero-order chi connectivity index (χ0) is 12.3. The number of ether oxygens (including phenoxy) is 1. The minimum absolute atomic E-state index is 0.149. The smallest absolute Gasteiger partial charge is 0.118 e. The van der Waals surface area contributed by atoms with Crippen molar-refractivity contribution in [1.29, 1.82) is 0 Å². The fourth-order valence-corrected chi connectivity index (χ4v) is 2.31. The van der Waals surface area contributed by atoms with E-state index in [4.69, 9.17) is 4.74 Å². The monoisotopic (exact) mass is 234 g/mol. The highest BCUT2D eigenvalue weighted by Gasteiger charge is 2.32. The van der Waals surface area contributed by atoms with Crippen molar-refractivity contribution < 1.29 is 9.84 Å². The quantitative estimate of drug-likeness (QED) is 0.819. The lowest BCUT2D eigenvalue weighted by atomic mass is 9.94. The van der Waals surface area contributed by atoms with Gasteiger partial charge in [0.1, 0.15) is 5.75 Å². The molecule has 1 fully saturated rings. The topological polar surface area (TPSA) is 29.5 Å². The van der Waals surface area contributed by atoms with Crippen molar-refractivity contribution in [3.05, 3.63) is 29.8 Å². The van der Waals surface area contributed by atoms with Crippen LogP contribution in [0.25, 0.3) is 0 Å². The fourth-order valence-electron chi connectivity index (χ4n) is 2.31. The number of benzene rings is 1. The van der Waals surface area contributed by atoms with E-state index in [0.717, 1.165) is 24.5 Å². The van der Waals surface area contributed by atoms with Crippen LogP contribution in [-0.4, -0.2) is 18.3 Å². The summed E-state index contributed by atoms with van der Waals surface area (Å²) in [6.07, 6.45) is 4.28. The maximum Gasteiger partial charge on any atom is 0.118 e. The molecule has 2 rings (SSSR count). The molecule has 17 heavy (non-hydrogen) atoms. The van der Waals surface area contributed by atoms with E-state index in [0.29, 0.717) is 5.92 Å². The van der Waals surface area contributed by atoms with Crippen LogP contribution in [0.1, 0.15) is 31.7 Å². The molecule has 1 saturated carbocycles. The summed E-state index contributed by atoms with van der Waals surface area (Å²) in [4.78, 5) is 0. The van der Waals surface area contributed by atoms with E-state index < -0.39 is 0 Å². The van der Waals surface area contributed by atoms with Crippen molar-refractivity contribution in [1.82, 2.24) is 0 Å². The lowest BCUT2D eigenvalue weighted by molar-refractivity contribution is 0.0968. The fraction of sp³-hybridized carbons (Fsp3) is 0.600. The van der Waals surface area contributed by atoms with Gasteiger partial charge in [-0.15, -0.1) is 0 Å². The molecule has 1 aromatic rings. The van der Waals surface area contributed by atoms with Crippen LogP contribution < -0.4 is 4.74 Å². The number of rotatable bonds is 6. The first-order chi connectivity index (χ1) is 8.20. The van der Waals surface area contributed by atoms with E-state index in [1.54, 1.807) is 7.11 Å². The number of methoxy groups -OCH3 is 1. The SMILES string of the molecule is COc1ccc(CCC(O)C(C)C2CC2)cc1. The van der Waals surface area contributed by atoms with E-state index in [2.05, 4.69) is 19.1 Å². The highest BCUT2D eigenvalue weighted by molar-refractivity contribution is 5.27. The second-order valence-corrected chi connectivity index (χ2v) is 5.15. The molecule has 1 aromatic carbocycles. The predicted octanol–water partition coefficient (Wildman–Crippen LogP) is 3.03. The van der Waals surface area contributed by atoms with Crippen molar-refractivity contribution in [2.24, 2.45) is 11.8 Å². The van der Waals surface area contributed by atoms with Gasteiger partial charge in [-0.3, -0.25) is 0 Å². The average Bonchev–Trinajstić information content (AvgIpc) is 3.20. The summed E-state index contributed by atoms with van der Waals surface area (Å²) in [5.41, 5.74) is 1.27. The Balaban J connectivity index is 1.79. The number of aliphatic hydroxyl groups is 1. The van der Waals surface area contributed by atoms with Gasteiger partial charge in [-0.25, -0.2) is 0 Å². The number of hydrogen-bond acceptors (Lipinski definition) is 2. The van der Waals surface area contributed by atoms with Gasteiger partial charge in [0.25, 0.3) is 0 Å². The van der Waals surface area contributed by atoms with Crippen molar-refractivity contribution in [3.8, 4) is 5.75 Å². The second kappa shape index (κ2) is 5.54. The van der Waals surface area contributed by atoms with Crippen LogP contribution in [0.2, 0.25) is 0 Å². The third-order valence-electron chi connectivity index (χ3n) is 3.86. The molecule has 0 heterocycles. The van der Waals surface area contributed by atoms with E-state index in [1.807, 2.05) is 12.1 Å². The molecule has 0 amide bonds. The maximum absolute atomic E-state index is 10.1. The Bertz CT molecular complexity index is 340. The van der Waals surface area contributed by atoms with Crippen LogP contribution in [0.5, 0.6) is 5.75 Å². The van der Waals surface area contributed by atoms with Gasteiger partial charge in [0.05, 0.1) is 13.2 Å². The third kappa shape index (κ3) is 3.47. The lowest BCUT2D eigenvalue weighted by Crippen LogP contribution is -2.20. The van der Waals surface area contributed by atoms with Gasteiger partial charge in [0.2, 0.25) is 0 Å². The average molecular weight is 234 g/mol. The van der Waals surface area contributed by atoms with E-state index in [9.17, 15) is 5.11 Å². The lowest BCUT2D eigenvalue weighted by Gasteiger charge is -2.18. The molecule has 2 atom stereocenters. The zero-order valence-electron chi connectivity index (χ0n) is 10.7. The summed E-state index contributed by atoms with van der Waals surface area (Å²) < 4.78 is 5.12. The second-order valence-electron chi connectivity index (χ2n) is 5.15. The van der Waals surface area contributed by atoms with Crippen molar-refractivity contribution in [3.63, 3.8) is 0 Å². The Morgan fingerprint density at radius 3 is 2.47 bits per heavy atom. The normalized spacial score (nSPS) is 18.8. The third-order valence-corrected chi connectivity index (χ3v) is 3.86. The largest absolute Gasteiger partial charge is 0.497 e. The Morgan fingerprint density at radius 2 is 1.94 bits per heavy atom. The van der Waals surface area contributed by atoms with Gasteiger partial charge in [0, 0.05) is 0 Å². The Hall–Kier alpha value is -1.02. The van der Waals surface area contributed by atoms with E-state index >= 15 is 0 Å². The van der Waals surface area contributed by atoms with Gasteiger partial charge in [0.15, 0.2) is 0 Å². The summed E-state index contributed by atoms with van der Waals surface area (Å²) in [6.45, 7) is 2.18. The number of aryl methyl sites for hydroxylation is 1. The van der Waals surface area contributed by atoms with Crippen LogP contribution in [0, 0.1) is 11.8 Å². The van der Waals surface area contributed by atoms with Gasteiger partial charge in [-0.1, -0.05) is 19.1 Å². The molecule has 2 unspecified atom stereocenters. The summed E-state index contributed by atoms with van der Waals surface area (Å²) in [5.74, 6) is 2.13. The molecule has 0 spiro atoms. The van der Waals surface area contributed by atoms with Gasteiger partial charge in [-0.2, -0.15) is 0 Å². The molecule has 0 saturated heterocycles. The van der Waals surface area contributed by atoms with Gasteiger partial charge in [-0.05, 0) is 55.2 Å². The van der Waals surface area contributed by atoms with Crippen LogP contribution in [-0.2, 0) is 6.42 Å². The number of aliphatic hydroxyl groups excluding tert-OH is 1. The first kappa shape index (κ1) is 12.4. The highest BCUT2D eigenvalue weighted by atomic mass is 16.5. The number of hydrogen-bond donors (Lipinski definition) is 1. The predicted molar refractivity (Wildman–Crippen MR) is 69.2 cm³/mol. The Kier molecular flexibility index (Phi) is 4.06. The van der Waals surface area contributed by atoms with Crippen LogP contribution in [0.15, 0.2) is 24.3 Å². The standard InChI is InChI=1S/C15H22O2/c1-11(13-6-7-13)15(16)10-5-12-3-8-14(17-2)9-4-12/h3-4,8-9,11,13,15-16H,5-7,10H2,1-2H3. The molecule has 2 heteroatoms. The van der Waals surface area contributed by atoms with Crippen molar-refractivity contribution in [2.75, 3.05) is 7.11 Å². The van der Waals surface area contributed by atoms with Crippen LogP contribution in [0.3, 0.4) is 0 Å². The summed E-state index contributed by atoms with van der Waals surface area (Å²) >= 11 is 0. The van der Waals surface area contributed by atoms with Gasteiger partial charge < -0.3 is 9.84 Å². The van der Waals surface area contributed by atoms with Crippen molar-refractivity contribution >= 4 is 0 Å². The zero-order valence-corrected chi connectivity index (χ0v) is 10.7. The molecule has 0 aromatic heterocycles. The first-order valence-electron chi connectivity index (χ1n) is 6.51.